The lowest BCUT2D eigenvalue weighted by Gasteiger charge is -2.22. The van der Waals surface area contributed by atoms with Crippen molar-refractivity contribution in [3.63, 3.8) is 0 Å². The first kappa shape index (κ1) is 11.9. The highest BCUT2D eigenvalue weighted by Crippen LogP contribution is 2.19. The highest BCUT2D eigenvalue weighted by atomic mass is 19.1. The maximum atomic E-state index is 12.9. The molecule has 1 atom stereocenters. The van der Waals surface area contributed by atoms with Gasteiger partial charge in [0.2, 0.25) is 0 Å². The van der Waals surface area contributed by atoms with Crippen molar-refractivity contribution in [3.05, 3.63) is 48.3 Å². The molecule has 0 saturated carbocycles. The Morgan fingerprint density at radius 1 is 1.53 bits per heavy atom. The molecule has 1 nitrogen and oxygen atoms in total. The molecule has 0 aliphatic carbocycles. The highest BCUT2D eigenvalue weighted by Gasteiger charge is 2.19. The standard InChI is InChI=1S/C13H17FO/c1-3-4-8-13(2,15)10-11-6-5-7-12(14)9-11/h3,5-7,9,15H,1,4,8,10H2,2H3. The van der Waals surface area contributed by atoms with Gasteiger partial charge in [-0.2, -0.15) is 0 Å². The van der Waals surface area contributed by atoms with E-state index in [1.807, 2.05) is 6.07 Å². The first-order chi connectivity index (χ1) is 7.03. The van der Waals surface area contributed by atoms with Crippen molar-refractivity contribution < 1.29 is 9.50 Å². The van der Waals surface area contributed by atoms with Crippen LogP contribution in [-0.4, -0.2) is 10.7 Å². The second-order valence-corrected chi connectivity index (χ2v) is 4.13. The Kier molecular flexibility index (Phi) is 4.04. The second-order valence-electron chi connectivity index (χ2n) is 4.13. The SMILES string of the molecule is C=CCCC(C)(O)Cc1cccc(F)c1. The van der Waals surface area contributed by atoms with Gasteiger partial charge in [-0.1, -0.05) is 18.2 Å². The smallest absolute Gasteiger partial charge is 0.123 e. The maximum Gasteiger partial charge on any atom is 0.123 e. The van der Waals surface area contributed by atoms with Crippen molar-refractivity contribution in [2.24, 2.45) is 0 Å². The predicted octanol–water partition coefficient (Wildman–Crippen LogP) is 3.09. The number of halogens is 1. The fourth-order valence-corrected chi connectivity index (χ4v) is 1.59. The second kappa shape index (κ2) is 5.08. The minimum Gasteiger partial charge on any atom is -0.390 e. The fourth-order valence-electron chi connectivity index (χ4n) is 1.59. The normalized spacial score (nSPS) is 14.6. The average Bonchev–Trinajstić information content (AvgIpc) is 2.14. The lowest BCUT2D eigenvalue weighted by molar-refractivity contribution is 0.0523. The van der Waals surface area contributed by atoms with Gasteiger partial charge in [0, 0.05) is 6.42 Å². The van der Waals surface area contributed by atoms with Gasteiger partial charge in [0.25, 0.3) is 0 Å². The van der Waals surface area contributed by atoms with Gasteiger partial charge in [0.05, 0.1) is 5.60 Å². The van der Waals surface area contributed by atoms with Crippen LogP contribution in [0.3, 0.4) is 0 Å². The van der Waals surface area contributed by atoms with E-state index in [1.165, 1.54) is 12.1 Å². The van der Waals surface area contributed by atoms with Crippen molar-refractivity contribution in [2.45, 2.75) is 31.8 Å². The Balaban J connectivity index is 2.63. The largest absolute Gasteiger partial charge is 0.390 e. The minimum atomic E-state index is -0.790. The van der Waals surface area contributed by atoms with Crippen LogP contribution in [0.4, 0.5) is 4.39 Å². The summed E-state index contributed by atoms with van der Waals surface area (Å²) in [7, 11) is 0. The van der Waals surface area contributed by atoms with Gasteiger partial charge >= 0.3 is 0 Å². The molecule has 0 saturated heterocycles. The number of aliphatic hydroxyl groups is 1. The zero-order valence-electron chi connectivity index (χ0n) is 9.04. The van der Waals surface area contributed by atoms with Crippen LogP contribution in [0.15, 0.2) is 36.9 Å². The Labute approximate surface area is 90.3 Å². The molecule has 0 heterocycles. The van der Waals surface area contributed by atoms with E-state index >= 15 is 0 Å². The summed E-state index contributed by atoms with van der Waals surface area (Å²) in [5.74, 6) is -0.257. The van der Waals surface area contributed by atoms with Crippen LogP contribution in [0.25, 0.3) is 0 Å². The number of hydrogen-bond donors (Lipinski definition) is 1. The molecule has 1 aromatic carbocycles. The van der Waals surface area contributed by atoms with Gasteiger partial charge < -0.3 is 5.11 Å². The van der Waals surface area contributed by atoms with Crippen LogP contribution in [-0.2, 0) is 6.42 Å². The molecule has 0 radical (unpaired) electrons. The van der Waals surface area contributed by atoms with Crippen LogP contribution in [0.5, 0.6) is 0 Å². The van der Waals surface area contributed by atoms with Gasteiger partial charge in [-0.3, -0.25) is 0 Å². The molecule has 0 aliphatic heterocycles. The van der Waals surface area contributed by atoms with E-state index in [4.69, 9.17) is 0 Å². The molecule has 15 heavy (non-hydrogen) atoms. The number of benzene rings is 1. The third-order valence-electron chi connectivity index (χ3n) is 2.36. The topological polar surface area (TPSA) is 20.2 Å². The summed E-state index contributed by atoms with van der Waals surface area (Å²) in [6, 6.07) is 6.35. The first-order valence-electron chi connectivity index (χ1n) is 5.11. The molecule has 1 unspecified atom stereocenters. The van der Waals surface area contributed by atoms with E-state index in [2.05, 4.69) is 6.58 Å². The Morgan fingerprint density at radius 2 is 2.27 bits per heavy atom. The quantitative estimate of drug-likeness (QED) is 0.737. The van der Waals surface area contributed by atoms with Crippen molar-refractivity contribution >= 4 is 0 Å². The average molecular weight is 208 g/mol. The monoisotopic (exact) mass is 208 g/mol. The maximum absolute atomic E-state index is 12.9. The summed E-state index contributed by atoms with van der Waals surface area (Å²) >= 11 is 0. The molecule has 0 aromatic heterocycles. The van der Waals surface area contributed by atoms with Crippen LogP contribution in [0.2, 0.25) is 0 Å². The fraction of sp³-hybridized carbons (Fsp3) is 0.385. The third-order valence-corrected chi connectivity index (χ3v) is 2.36. The molecule has 0 bridgehead atoms. The van der Waals surface area contributed by atoms with Crippen LogP contribution < -0.4 is 0 Å². The lowest BCUT2D eigenvalue weighted by Crippen LogP contribution is -2.26. The van der Waals surface area contributed by atoms with Gasteiger partial charge in [-0.25, -0.2) is 4.39 Å². The van der Waals surface area contributed by atoms with Crippen molar-refractivity contribution in [3.8, 4) is 0 Å². The van der Waals surface area contributed by atoms with Crippen LogP contribution in [0.1, 0.15) is 25.3 Å². The van der Waals surface area contributed by atoms with E-state index in [9.17, 15) is 9.50 Å². The zero-order chi connectivity index (χ0) is 11.3. The van der Waals surface area contributed by atoms with Gasteiger partial charge in [0.15, 0.2) is 0 Å². The molecular formula is C13H17FO. The molecule has 0 fully saturated rings. The molecule has 0 aliphatic rings. The minimum absolute atomic E-state index is 0.257. The van der Waals surface area contributed by atoms with Gasteiger partial charge in [-0.15, -0.1) is 6.58 Å². The van der Waals surface area contributed by atoms with E-state index in [0.29, 0.717) is 12.8 Å². The summed E-state index contributed by atoms with van der Waals surface area (Å²) in [5.41, 5.74) is 0.0335. The summed E-state index contributed by atoms with van der Waals surface area (Å²) in [6.45, 7) is 5.38. The van der Waals surface area contributed by atoms with Crippen molar-refractivity contribution in [1.29, 1.82) is 0 Å². The van der Waals surface area contributed by atoms with Gasteiger partial charge in [0.1, 0.15) is 5.82 Å². The Bertz CT molecular complexity index is 331. The van der Waals surface area contributed by atoms with Gasteiger partial charge in [-0.05, 0) is 37.5 Å². The molecule has 0 amide bonds. The first-order valence-corrected chi connectivity index (χ1v) is 5.11. The summed E-state index contributed by atoms with van der Waals surface area (Å²) in [5, 5.41) is 10.0. The molecule has 2 heteroatoms. The van der Waals surface area contributed by atoms with E-state index in [-0.39, 0.29) is 5.82 Å². The predicted molar refractivity (Wildman–Crippen MR) is 60.2 cm³/mol. The van der Waals surface area contributed by atoms with Crippen LogP contribution >= 0.6 is 0 Å². The molecule has 1 N–H and O–H groups in total. The number of hydrogen-bond acceptors (Lipinski definition) is 1. The molecule has 1 rings (SSSR count). The lowest BCUT2D eigenvalue weighted by atomic mass is 9.92. The zero-order valence-corrected chi connectivity index (χ0v) is 9.04. The van der Waals surface area contributed by atoms with Crippen LogP contribution in [0, 0.1) is 5.82 Å². The van der Waals surface area contributed by atoms with E-state index < -0.39 is 5.60 Å². The van der Waals surface area contributed by atoms with E-state index in [0.717, 1.165) is 12.0 Å². The molecular weight excluding hydrogens is 191 g/mol. The number of rotatable bonds is 5. The molecule has 1 aromatic rings. The summed E-state index contributed by atoms with van der Waals surface area (Å²) in [6.07, 6.45) is 3.66. The van der Waals surface area contributed by atoms with Crippen molar-refractivity contribution in [1.82, 2.24) is 0 Å². The Hall–Kier alpha value is -1.15. The third kappa shape index (κ3) is 4.26. The van der Waals surface area contributed by atoms with Crippen molar-refractivity contribution in [2.75, 3.05) is 0 Å². The number of allylic oxidation sites excluding steroid dienone is 1. The Morgan fingerprint density at radius 3 is 2.87 bits per heavy atom. The highest BCUT2D eigenvalue weighted by molar-refractivity contribution is 5.18. The molecule has 0 spiro atoms. The molecule has 82 valence electrons. The summed E-state index contributed by atoms with van der Waals surface area (Å²) < 4.78 is 12.9. The summed E-state index contributed by atoms with van der Waals surface area (Å²) in [4.78, 5) is 0. The van der Waals surface area contributed by atoms with E-state index in [1.54, 1.807) is 19.1 Å².